The normalized spacial score (nSPS) is 10.9. The molecule has 0 spiro atoms. The van der Waals surface area contributed by atoms with Crippen LogP contribution in [0.4, 0.5) is 0 Å². The molecule has 1 N–H and O–H groups in total. The molecule has 3 nitrogen and oxygen atoms in total. The second kappa shape index (κ2) is 7.78. The fraction of sp³-hybridized carbons (Fsp3) is 0.353. The van der Waals surface area contributed by atoms with E-state index in [-0.39, 0.29) is 0 Å². The van der Waals surface area contributed by atoms with Gasteiger partial charge in [-0.25, -0.2) is 0 Å². The molecule has 106 valence electrons. The molecular formula is C17H23N3. The van der Waals surface area contributed by atoms with Crippen molar-refractivity contribution in [2.45, 2.75) is 19.5 Å². The van der Waals surface area contributed by atoms with Gasteiger partial charge in [0.2, 0.25) is 0 Å². The molecule has 0 aliphatic rings. The van der Waals surface area contributed by atoms with Crippen molar-refractivity contribution < 1.29 is 0 Å². The summed E-state index contributed by atoms with van der Waals surface area (Å²) < 4.78 is 0. The van der Waals surface area contributed by atoms with Crippen molar-refractivity contribution in [3.05, 3.63) is 65.5 Å². The third-order valence-electron chi connectivity index (χ3n) is 3.38. The molecule has 1 aromatic heterocycles. The lowest BCUT2D eigenvalue weighted by molar-refractivity contribution is 0.317. The molecule has 2 aromatic rings. The van der Waals surface area contributed by atoms with Crippen molar-refractivity contribution in [2.24, 2.45) is 0 Å². The molecule has 0 aliphatic carbocycles. The van der Waals surface area contributed by atoms with E-state index < -0.39 is 0 Å². The highest BCUT2D eigenvalue weighted by atomic mass is 15.1. The molecular weight excluding hydrogens is 246 g/mol. The predicted molar refractivity (Wildman–Crippen MR) is 83.5 cm³/mol. The van der Waals surface area contributed by atoms with Crippen molar-refractivity contribution in [2.75, 3.05) is 20.6 Å². The van der Waals surface area contributed by atoms with E-state index in [9.17, 15) is 0 Å². The number of rotatable bonds is 7. The minimum Gasteiger partial charge on any atom is -0.319 e. The number of benzene rings is 1. The summed E-state index contributed by atoms with van der Waals surface area (Å²) in [4.78, 5) is 6.50. The summed E-state index contributed by atoms with van der Waals surface area (Å²) in [5.41, 5.74) is 4.09. The van der Waals surface area contributed by atoms with E-state index in [0.717, 1.165) is 26.1 Å². The summed E-state index contributed by atoms with van der Waals surface area (Å²) in [6.45, 7) is 2.91. The molecule has 2 rings (SSSR count). The standard InChI is InChI=1S/C17H23N3/c1-18-11-9-16-7-3-4-8-17(16)14-20(2)13-15-6-5-10-19-12-15/h3-8,10,12,18H,9,11,13-14H2,1-2H3. The van der Waals surface area contributed by atoms with Gasteiger partial charge >= 0.3 is 0 Å². The number of nitrogens with one attached hydrogen (secondary N) is 1. The zero-order chi connectivity index (χ0) is 14.2. The molecule has 0 amide bonds. The van der Waals surface area contributed by atoms with Gasteiger partial charge in [-0.2, -0.15) is 0 Å². The molecule has 0 radical (unpaired) electrons. The average Bonchev–Trinajstić information content (AvgIpc) is 2.47. The van der Waals surface area contributed by atoms with Gasteiger partial charge in [0.1, 0.15) is 0 Å². The van der Waals surface area contributed by atoms with Gasteiger partial charge in [-0.3, -0.25) is 9.88 Å². The number of pyridine rings is 1. The second-order valence-electron chi connectivity index (χ2n) is 5.16. The van der Waals surface area contributed by atoms with E-state index in [4.69, 9.17) is 0 Å². The first-order valence-electron chi connectivity index (χ1n) is 7.08. The van der Waals surface area contributed by atoms with E-state index >= 15 is 0 Å². The highest BCUT2D eigenvalue weighted by molar-refractivity contribution is 5.27. The van der Waals surface area contributed by atoms with E-state index in [1.54, 1.807) is 0 Å². The van der Waals surface area contributed by atoms with Gasteiger partial charge in [-0.1, -0.05) is 30.3 Å². The monoisotopic (exact) mass is 269 g/mol. The van der Waals surface area contributed by atoms with E-state index in [2.05, 4.69) is 52.6 Å². The van der Waals surface area contributed by atoms with E-state index in [1.807, 2.05) is 25.5 Å². The molecule has 0 atom stereocenters. The van der Waals surface area contributed by atoms with Gasteiger partial charge < -0.3 is 5.32 Å². The Hall–Kier alpha value is -1.71. The number of aromatic nitrogens is 1. The maximum absolute atomic E-state index is 4.17. The minimum atomic E-state index is 0.925. The van der Waals surface area contributed by atoms with Crippen LogP contribution in [0.25, 0.3) is 0 Å². The maximum atomic E-state index is 4.17. The summed E-state index contributed by atoms with van der Waals surface area (Å²) in [6.07, 6.45) is 4.83. The van der Waals surface area contributed by atoms with Crippen molar-refractivity contribution in [1.82, 2.24) is 15.2 Å². The van der Waals surface area contributed by atoms with Gasteiger partial charge in [0, 0.05) is 25.5 Å². The molecule has 0 aliphatic heterocycles. The van der Waals surface area contributed by atoms with Crippen molar-refractivity contribution in [3.8, 4) is 0 Å². The summed E-state index contributed by atoms with van der Waals surface area (Å²) >= 11 is 0. The summed E-state index contributed by atoms with van der Waals surface area (Å²) in [5, 5.41) is 3.21. The van der Waals surface area contributed by atoms with Gasteiger partial charge in [-0.15, -0.1) is 0 Å². The Morgan fingerprint density at radius 2 is 1.85 bits per heavy atom. The Labute approximate surface area is 121 Å². The summed E-state index contributed by atoms with van der Waals surface area (Å²) in [7, 11) is 4.15. The van der Waals surface area contributed by atoms with Gasteiger partial charge in [0.15, 0.2) is 0 Å². The first kappa shape index (κ1) is 14.7. The third-order valence-corrected chi connectivity index (χ3v) is 3.38. The zero-order valence-corrected chi connectivity index (χ0v) is 12.3. The summed E-state index contributed by atoms with van der Waals surface area (Å²) in [6, 6.07) is 12.8. The van der Waals surface area contributed by atoms with Crippen LogP contribution >= 0.6 is 0 Å². The lowest BCUT2D eigenvalue weighted by Crippen LogP contribution is -2.19. The smallest absolute Gasteiger partial charge is 0.0312 e. The fourth-order valence-electron chi connectivity index (χ4n) is 2.37. The summed E-state index contributed by atoms with van der Waals surface area (Å²) in [5.74, 6) is 0. The van der Waals surface area contributed by atoms with Crippen LogP contribution in [0.15, 0.2) is 48.8 Å². The number of likely N-dealkylation sites (N-methyl/N-ethyl adjacent to an activating group) is 1. The molecule has 0 saturated heterocycles. The number of hydrogen-bond acceptors (Lipinski definition) is 3. The van der Waals surface area contributed by atoms with Crippen LogP contribution in [0.2, 0.25) is 0 Å². The average molecular weight is 269 g/mol. The fourth-order valence-corrected chi connectivity index (χ4v) is 2.37. The molecule has 0 unspecified atom stereocenters. The Morgan fingerprint density at radius 1 is 1.05 bits per heavy atom. The molecule has 0 saturated carbocycles. The van der Waals surface area contributed by atoms with Crippen LogP contribution in [-0.4, -0.2) is 30.5 Å². The second-order valence-corrected chi connectivity index (χ2v) is 5.16. The van der Waals surface area contributed by atoms with Crippen LogP contribution in [0, 0.1) is 0 Å². The van der Waals surface area contributed by atoms with Crippen molar-refractivity contribution in [3.63, 3.8) is 0 Å². The number of nitrogens with zero attached hydrogens (tertiary/aromatic N) is 2. The van der Waals surface area contributed by atoms with Crippen molar-refractivity contribution >= 4 is 0 Å². The van der Waals surface area contributed by atoms with Crippen molar-refractivity contribution in [1.29, 1.82) is 0 Å². The zero-order valence-electron chi connectivity index (χ0n) is 12.3. The van der Waals surface area contributed by atoms with Crippen LogP contribution in [0.1, 0.15) is 16.7 Å². The van der Waals surface area contributed by atoms with Crippen LogP contribution in [0.3, 0.4) is 0 Å². The molecule has 0 bridgehead atoms. The number of hydrogen-bond donors (Lipinski definition) is 1. The highest BCUT2D eigenvalue weighted by Gasteiger charge is 2.06. The van der Waals surface area contributed by atoms with Gasteiger partial charge in [-0.05, 0) is 49.8 Å². The third kappa shape index (κ3) is 4.44. The predicted octanol–water partition coefficient (Wildman–Crippen LogP) is 2.48. The lowest BCUT2D eigenvalue weighted by Gasteiger charge is -2.19. The highest BCUT2D eigenvalue weighted by Crippen LogP contribution is 2.13. The molecule has 0 fully saturated rings. The Bertz CT molecular complexity index is 511. The topological polar surface area (TPSA) is 28.2 Å². The first-order valence-corrected chi connectivity index (χ1v) is 7.08. The molecule has 1 aromatic carbocycles. The lowest BCUT2D eigenvalue weighted by atomic mass is 10.0. The van der Waals surface area contributed by atoms with Gasteiger partial charge in [0.25, 0.3) is 0 Å². The Kier molecular flexibility index (Phi) is 5.71. The van der Waals surface area contributed by atoms with Crippen LogP contribution < -0.4 is 5.32 Å². The van der Waals surface area contributed by atoms with Crippen LogP contribution in [-0.2, 0) is 19.5 Å². The SMILES string of the molecule is CNCCc1ccccc1CN(C)Cc1cccnc1. The minimum absolute atomic E-state index is 0.925. The molecule has 20 heavy (non-hydrogen) atoms. The quantitative estimate of drug-likeness (QED) is 0.837. The van der Waals surface area contributed by atoms with E-state index in [0.29, 0.717) is 0 Å². The Morgan fingerprint density at radius 3 is 2.55 bits per heavy atom. The maximum Gasteiger partial charge on any atom is 0.0312 e. The van der Waals surface area contributed by atoms with E-state index in [1.165, 1.54) is 16.7 Å². The first-order chi connectivity index (χ1) is 9.79. The molecule has 1 heterocycles. The Balaban J connectivity index is 1.98. The van der Waals surface area contributed by atoms with Crippen LogP contribution in [0.5, 0.6) is 0 Å². The molecule has 3 heteroatoms. The largest absolute Gasteiger partial charge is 0.319 e. The van der Waals surface area contributed by atoms with Gasteiger partial charge in [0.05, 0.1) is 0 Å².